The van der Waals surface area contributed by atoms with Gasteiger partial charge in [-0.15, -0.1) is 9.24 Å². The van der Waals surface area contributed by atoms with E-state index in [0.29, 0.717) is 0 Å². The van der Waals surface area contributed by atoms with E-state index in [-0.39, 0.29) is 0 Å². The van der Waals surface area contributed by atoms with E-state index < -0.39 is 0 Å². The molecule has 102 valence electrons. The first-order chi connectivity index (χ1) is 9.71. The van der Waals surface area contributed by atoms with Crippen molar-refractivity contribution >= 4 is 32.8 Å². The molecule has 2 rings (SSSR count). The van der Waals surface area contributed by atoms with Crippen LogP contribution in [0.2, 0.25) is 0 Å². The summed E-state index contributed by atoms with van der Waals surface area (Å²) in [5.74, 6) is 0. The molecule has 0 spiro atoms. The normalized spacial score (nSPS) is 14.6. The van der Waals surface area contributed by atoms with Crippen LogP contribution in [-0.4, -0.2) is 13.3 Å². The predicted octanol–water partition coefficient (Wildman–Crippen LogP) is 4.09. The van der Waals surface area contributed by atoms with Gasteiger partial charge in [0, 0.05) is 24.1 Å². The molecule has 3 heteroatoms. The van der Waals surface area contributed by atoms with Crippen molar-refractivity contribution in [3.05, 3.63) is 65.0 Å². The van der Waals surface area contributed by atoms with Gasteiger partial charge in [0.1, 0.15) is 0 Å². The molecule has 0 saturated heterocycles. The van der Waals surface area contributed by atoms with E-state index in [0.717, 1.165) is 28.6 Å². The van der Waals surface area contributed by atoms with Crippen LogP contribution in [0, 0.1) is 5.41 Å². The Bertz CT molecular complexity index is 636. The molecule has 0 radical (unpaired) electrons. The van der Waals surface area contributed by atoms with Crippen LogP contribution in [0.4, 0.5) is 0 Å². The van der Waals surface area contributed by atoms with Gasteiger partial charge in [0.2, 0.25) is 0 Å². The minimum absolute atomic E-state index is 0.836. The number of hydrogen-bond donors (Lipinski definition) is 2. The second kappa shape index (κ2) is 6.49. The van der Waals surface area contributed by atoms with Crippen molar-refractivity contribution in [3.8, 4) is 0 Å². The second-order valence-electron chi connectivity index (χ2n) is 4.53. The van der Waals surface area contributed by atoms with E-state index in [1.165, 1.54) is 17.4 Å². The lowest BCUT2D eigenvalue weighted by Gasteiger charge is -2.15. The van der Waals surface area contributed by atoms with Crippen LogP contribution in [0.15, 0.2) is 48.3 Å². The summed E-state index contributed by atoms with van der Waals surface area (Å²) in [7, 11) is 4.49. The van der Waals surface area contributed by atoms with Crippen molar-refractivity contribution in [2.75, 3.05) is 7.05 Å². The fourth-order valence-corrected chi connectivity index (χ4v) is 2.61. The minimum atomic E-state index is 0.836. The van der Waals surface area contributed by atoms with Gasteiger partial charge in [0.05, 0.1) is 5.70 Å². The highest BCUT2D eigenvalue weighted by Crippen LogP contribution is 2.31. The Labute approximate surface area is 122 Å². The standard InChI is InChI=1S/C17H19N2P/c1-3-12-8-9-14(17(19-2)16(20)11-18)15(10-12)13-6-4-5-7-13/h3-4,6-11,18-19H,1,5,20H2,2H3/b17-16+,18-11?. The fraction of sp³-hybridized carbons (Fsp3) is 0.118. The van der Waals surface area contributed by atoms with Gasteiger partial charge >= 0.3 is 0 Å². The SMILES string of the molecule is C=Cc1ccc(/C(NC)=C(\P)C=N)c(C2=CCC=C2)c1. The third kappa shape index (κ3) is 2.81. The van der Waals surface area contributed by atoms with Crippen LogP contribution in [0.25, 0.3) is 17.3 Å². The lowest BCUT2D eigenvalue weighted by molar-refractivity contribution is 1.12. The zero-order valence-electron chi connectivity index (χ0n) is 11.6. The first-order valence-corrected chi connectivity index (χ1v) is 7.11. The molecule has 1 aliphatic carbocycles. The fourth-order valence-electron chi connectivity index (χ4n) is 2.31. The van der Waals surface area contributed by atoms with Crippen molar-refractivity contribution in [2.24, 2.45) is 0 Å². The number of rotatable bonds is 5. The minimum Gasteiger partial charge on any atom is -0.387 e. The Morgan fingerprint density at radius 2 is 2.25 bits per heavy atom. The zero-order chi connectivity index (χ0) is 14.5. The molecule has 1 aromatic rings. The van der Waals surface area contributed by atoms with Crippen LogP contribution in [0.5, 0.6) is 0 Å². The van der Waals surface area contributed by atoms with E-state index in [2.05, 4.69) is 51.5 Å². The summed E-state index contributed by atoms with van der Waals surface area (Å²) in [5, 5.41) is 11.5. The van der Waals surface area contributed by atoms with Crippen molar-refractivity contribution in [1.29, 1.82) is 5.41 Å². The summed E-state index contributed by atoms with van der Waals surface area (Å²) < 4.78 is 0. The average Bonchev–Trinajstić information content (AvgIpc) is 3.02. The Hall–Kier alpha value is -1.92. The highest BCUT2D eigenvalue weighted by Gasteiger charge is 2.13. The smallest absolute Gasteiger partial charge is 0.0505 e. The highest BCUT2D eigenvalue weighted by molar-refractivity contribution is 7.25. The largest absolute Gasteiger partial charge is 0.387 e. The van der Waals surface area contributed by atoms with Crippen LogP contribution in [0.1, 0.15) is 23.1 Å². The van der Waals surface area contributed by atoms with E-state index in [4.69, 9.17) is 5.41 Å². The topological polar surface area (TPSA) is 35.9 Å². The summed E-state index contributed by atoms with van der Waals surface area (Å²) >= 11 is 0. The lowest BCUT2D eigenvalue weighted by Crippen LogP contribution is -2.09. The number of nitrogens with one attached hydrogen (secondary N) is 2. The molecule has 20 heavy (non-hydrogen) atoms. The van der Waals surface area contributed by atoms with Gasteiger partial charge in [0.15, 0.2) is 0 Å². The average molecular weight is 282 g/mol. The van der Waals surface area contributed by atoms with Crippen molar-refractivity contribution in [1.82, 2.24) is 5.32 Å². The molecule has 0 fully saturated rings. The van der Waals surface area contributed by atoms with Gasteiger partial charge in [-0.1, -0.05) is 43.0 Å². The molecule has 0 heterocycles. The van der Waals surface area contributed by atoms with Crippen LogP contribution >= 0.6 is 9.24 Å². The molecule has 0 aromatic heterocycles. The summed E-state index contributed by atoms with van der Waals surface area (Å²) in [6.07, 6.45) is 10.7. The molecule has 1 aromatic carbocycles. The highest BCUT2D eigenvalue weighted by atomic mass is 31.0. The van der Waals surface area contributed by atoms with E-state index >= 15 is 0 Å². The van der Waals surface area contributed by atoms with Gasteiger partial charge in [-0.3, -0.25) is 0 Å². The Morgan fingerprint density at radius 1 is 1.45 bits per heavy atom. The van der Waals surface area contributed by atoms with Crippen LogP contribution in [0.3, 0.4) is 0 Å². The maximum atomic E-state index is 7.46. The van der Waals surface area contributed by atoms with Gasteiger partial charge < -0.3 is 10.7 Å². The van der Waals surface area contributed by atoms with Crippen molar-refractivity contribution in [2.45, 2.75) is 6.42 Å². The molecule has 1 aliphatic rings. The van der Waals surface area contributed by atoms with E-state index in [1.807, 2.05) is 19.2 Å². The predicted molar refractivity (Wildman–Crippen MR) is 92.7 cm³/mol. The first-order valence-electron chi connectivity index (χ1n) is 6.53. The number of hydrogen-bond acceptors (Lipinski definition) is 2. The van der Waals surface area contributed by atoms with Crippen LogP contribution < -0.4 is 5.32 Å². The quantitative estimate of drug-likeness (QED) is 0.619. The zero-order valence-corrected chi connectivity index (χ0v) is 12.8. The van der Waals surface area contributed by atoms with E-state index in [1.54, 1.807) is 0 Å². The number of allylic oxidation sites excluding steroid dienone is 5. The van der Waals surface area contributed by atoms with Gasteiger partial charge in [-0.2, -0.15) is 0 Å². The van der Waals surface area contributed by atoms with Crippen molar-refractivity contribution in [3.63, 3.8) is 0 Å². The van der Waals surface area contributed by atoms with Gasteiger partial charge in [-0.25, -0.2) is 0 Å². The van der Waals surface area contributed by atoms with E-state index in [9.17, 15) is 0 Å². The molecule has 0 aliphatic heterocycles. The van der Waals surface area contributed by atoms with Crippen LogP contribution in [-0.2, 0) is 0 Å². The maximum Gasteiger partial charge on any atom is 0.0505 e. The molecule has 0 saturated carbocycles. The monoisotopic (exact) mass is 282 g/mol. The summed E-state index contributed by atoms with van der Waals surface area (Å²) in [4.78, 5) is 0. The maximum absolute atomic E-state index is 7.46. The second-order valence-corrected chi connectivity index (χ2v) is 5.15. The van der Waals surface area contributed by atoms with Gasteiger partial charge in [0.25, 0.3) is 0 Å². The summed E-state index contributed by atoms with van der Waals surface area (Å²) in [5.41, 5.74) is 5.54. The Morgan fingerprint density at radius 3 is 2.80 bits per heavy atom. The summed E-state index contributed by atoms with van der Waals surface area (Å²) in [6, 6.07) is 6.27. The molecule has 1 atom stereocenters. The molecular weight excluding hydrogens is 263 g/mol. The third-order valence-corrected chi connectivity index (χ3v) is 3.78. The Balaban J connectivity index is 2.66. The summed E-state index contributed by atoms with van der Waals surface area (Å²) in [6.45, 7) is 3.84. The first kappa shape index (κ1) is 14.5. The molecule has 2 nitrogen and oxygen atoms in total. The molecule has 0 bridgehead atoms. The van der Waals surface area contributed by atoms with Gasteiger partial charge in [-0.05, 0) is 29.2 Å². The third-order valence-electron chi connectivity index (χ3n) is 3.33. The Kier molecular flexibility index (Phi) is 4.70. The molecule has 0 amide bonds. The number of benzene rings is 1. The molecule has 2 N–H and O–H groups in total. The lowest BCUT2D eigenvalue weighted by atomic mass is 9.95. The van der Waals surface area contributed by atoms with Crippen molar-refractivity contribution < 1.29 is 0 Å². The molecular formula is C17H19N2P. The molecule has 1 unspecified atom stereocenters.